The van der Waals surface area contributed by atoms with E-state index in [4.69, 9.17) is 4.42 Å². The van der Waals surface area contributed by atoms with Crippen molar-refractivity contribution in [1.29, 1.82) is 0 Å². The number of imidazole rings is 1. The lowest BCUT2D eigenvalue weighted by molar-refractivity contribution is -0.143. The van der Waals surface area contributed by atoms with Crippen LogP contribution in [0.1, 0.15) is 87.0 Å². The van der Waals surface area contributed by atoms with Crippen molar-refractivity contribution in [2.24, 2.45) is 5.92 Å². The number of carbonyl (C=O) groups excluding carboxylic acids is 4. The van der Waals surface area contributed by atoms with Crippen LogP contribution >= 0.6 is 22.7 Å². The number of ether oxygens (including phenoxy) is 2. The molecule has 0 radical (unpaired) electrons. The lowest BCUT2D eigenvalue weighted by Crippen LogP contribution is -2.38. The van der Waals surface area contributed by atoms with Crippen LogP contribution in [-0.4, -0.2) is 95.6 Å². The Bertz CT molecular complexity index is 2100. The van der Waals surface area contributed by atoms with E-state index in [0.717, 1.165) is 67.6 Å². The zero-order chi connectivity index (χ0) is 42.7. The first kappa shape index (κ1) is 49.1. The first-order valence-corrected chi connectivity index (χ1v) is 21.9. The van der Waals surface area contributed by atoms with Gasteiger partial charge in [-0.15, -0.1) is 22.7 Å². The van der Waals surface area contributed by atoms with Gasteiger partial charge in [0.1, 0.15) is 12.1 Å². The highest BCUT2D eigenvalue weighted by molar-refractivity contribution is 7.31. The molecule has 2 aromatic carbocycles. The number of methoxy groups -OCH3 is 2. The third-order valence-electron chi connectivity index (χ3n) is 9.10. The second-order valence-electron chi connectivity index (χ2n) is 14.3. The SMILES string of the molecule is C.CCC.CCC.COC(=O)CCC(=O)N1CCCC1.COC(=O)NCC(=O)N1CC[C@H](C)C1.c1nc2ccc(-c3cc4sc(-c5ccc6ncoc6c5)cc4s3)cc2[nH]1. The molecule has 0 aliphatic carbocycles. The second kappa shape index (κ2) is 25.4. The minimum atomic E-state index is -0.564. The summed E-state index contributed by atoms with van der Waals surface area (Å²) in [5, 5.41) is 2.37. The molecule has 2 fully saturated rings. The predicted octanol–water partition coefficient (Wildman–Crippen LogP) is 10.6. The number of hydrogen-bond donors (Lipinski definition) is 2. The molecule has 0 bridgehead atoms. The number of nitrogens with zero attached hydrogens (tertiary/aromatic N) is 4. The van der Waals surface area contributed by atoms with Crippen molar-refractivity contribution in [3.8, 4) is 20.9 Å². The second-order valence-corrected chi connectivity index (χ2v) is 16.4. The molecule has 2 saturated heterocycles. The summed E-state index contributed by atoms with van der Waals surface area (Å²) in [6, 6.07) is 17.1. The van der Waals surface area contributed by atoms with Gasteiger partial charge in [-0.1, -0.05) is 67.0 Å². The number of thiophene rings is 2. The van der Waals surface area contributed by atoms with Crippen molar-refractivity contribution in [1.82, 2.24) is 30.1 Å². The Kier molecular flexibility index (Phi) is 20.8. The lowest BCUT2D eigenvalue weighted by Gasteiger charge is -2.15. The van der Waals surface area contributed by atoms with E-state index >= 15 is 0 Å². The Morgan fingerprint density at radius 1 is 0.800 bits per heavy atom. The van der Waals surface area contributed by atoms with Gasteiger partial charge in [0.05, 0.1) is 38.0 Å². The number of oxazole rings is 1. The maximum atomic E-state index is 11.5. The van der Waals surface area contributed by atoms with E-state index in [9.17, 15) is 19.2 Å². The first-order chi connectivity index (χ1) is 28.5. The maximum Gasteiger partial charge on any atom is 0.407 e. The van der Waals surface area contributed by atoms with Crippen LogP contribution in [0.4, 0.5) is 4.79 Å². The number of carbonyl (C=O) groups is 4. The smallest absolute Gasteiger partial charge is 0.407 e. The summed E-state index contributed by atoms with van der Waals surface area (Å²) in [5.41, 5.74) is 6.18. The van der Waals surface area contributed by atoms with Crippen LogP contribution in [0.15, 0.2) is 65.7 Å². The number of rotatable bonds is 7. The average Bonchev–Trinajstić information content (AvgIpc) is 4.10. The molecule has 6 heterocycles. The van der Waals surface area contributed by atoms with Gasteiger partial charge in [-0.3, -0.25) is 14.4 Å². The predicted molar refractivity (Wildman–Crippen MR) is 244 cm³/mol. The highest BCUT2D eigenvalue weighted by Crippen LogP contribution is 2.42. The third kappa shape index (κ3) is 14.5. The van der Waals surface area contributed by atoms with Crippen molar-refractivity contribution in [2.75, 3.05) is 46.9 Å². The van der Waals surface area contributed by atoms with Crippen LogP contribution in [0.25, 0.3) is 52.4 Å². The summed E-state index contributed by atoms with van der Waals surface area (Å²) < 4.78 is 16.9. The van der Waals surface area contributed by atoms with E-state index in [1.807, 2.05) is 33.6 Å². The Hall–Kier alpha value is -5.28. The normalized spacial score (nSPS) is 14.0. The van der Waals surface area contributed by atoms with E-state index in [1.165, 1.54) is 63.7 Å². The van der Waals surface area contributed by atoms with Crippen molar-refractivity contribution in [3.63, 3.8) is 0 Å². The molecule has 6 aromatic rings. The number of amides is 3. The minimum absolute atomic E-state index is 0. The van der Waals surface area contributed by atoms with Crippen molar-refractivity contribution in [2.45, 2.75) is 87.0 Å². The number of esters is 1. The fraction of sp³-hybridized carbons (Fsp3) is 0.467. The van der Waals surface area contributed by atoms with Crippen molar-refractivity contribution in [3.05, 3.63) is 61.3 Å². The van der Waals surface area contributed by atoms with Crippen LogP contribution in [0.2, 0.25) is 0 Å². The highest BCUT2D eigenvalue weighted by Gasteiger charge is 2.23. The van der Waals surface area contributed by atoms with Crippen molar-refractivity contribution >= 4 is 78.1 Å². The molecule has 3 amide bonds. The van der Waals surface area contributed by atoms with E-state index in [0.29, 0.717) is 5.92 Å². The Labute approximate surface area is 361 Å². The molecule has 13 nitrogen and oxygen atoms in total. The van der Waals surface area contributed by atoms with Gasteiger partial charge >= 0.3 is 12.1 Å². The molecule has 326 valence electrons. The van der Waals surface area contributed by atoms with Crippen LogP contribution < -0.4 is 5.32 Å². The highest BCUT2D eigenvalue weighted by atomic mass is 32.1. The maximum absolute atomic E-state index is 11.5. The standard InChI is InChI=1S/C20H11N3OS2.C9H16N2O3.C9H15NO3.2C3H8.CH4/c1-3-13-15(22-9-21-13)5-11(1)17-7-19-20(25-17)8-18(26-19)12-2-4-14-16(6-12)24-10-23-14;1-7-3-4-11(6-7)8(12)5-10-9(13)14-2;1-13-9(12)5-4-8(11)10-6-2-3-7-10;2*1-3-2;/h1-10H,(H,21,22);7H,3-6H2,1-2H3,(H,10,13);2-7H2,1H3;2*3H2,1-2H3;1H4/t;7-;;;;/m.0..../s1. The molecular weight excluding hydrogens is 801 g/mol. The van der Waals surface area contributed by atoms with E-state index in [1.54, 1.807) is 11.2 Å². The molecule has 2 aliphatic heterocycles. The number of likely N-dealkylation sites (tertiary alicyclic amines) is 2. The summed E-state index contributed by atoms with van der Waals surface area (Å²) in [6.07, 6.45) is 8.87. The van der Waals surface area contributed by atoms with Gasteiger partial charge in [-0.2, -0.15) is 0 Å². The third-order valence-corrected chi connectivity index (χ3v) is 11.5. The number of aromatic nitrogens is 3. The largest absolute Gasteiger partial charge is 0.469 e. The van der Waals surface area contributed by atoms with Crippen LogP contribution in [-0.2, 0) is 23.9 Å². The summed E-state index contributed by atoms with van der Waals surface area (Å²) in [4.78, 5) is 62.0. The van der Waals surface area contributed by atoms with Gasteiger partial charge in [-0.25, -0.2) is 14.8 Å². The Balaban J connectivity index is 0.000000242. The molecular formula is C45H62N6O7S2. The Morgan fingerprint density at radius 2 is 1.42 bits per heavy atom. The quantitative estimate of drug-likeness (QED) is 0.149. The summed E-state index contributed by atoms with van der Waals surface area (Å²) in [5.74, 6) is 0.285. The number of aromatic amines is 1. The molecule has 0 saturated carbocycles. The van der Waals surface area contributed by atoms with Crippen LogP contribution in [0.5, 0.6) is 0 Å². The van der Waals surface area contributed by atoms with Crippen LogP contribution in [0, 0.1) is 5.92 Å². The molecule has 1 atom stereocenters. The fourth-order valence-corrected chi connectivity index (χ4v) is 8.54. The zero-order valence-electron chi connectivity index (χ0n) is 35.3. The molecule has 15 heteroatoms. The van der Waals surface area contributed by atoms with Gasteiger partial charge in [0, 0.05) is 51.8 Å². The summed E-state index contributed by atoms with van der Waals surface area (Å²) in [7, 11) is 2.61. The summed E-state index contributed by atoms with van der Waals surface area (Å²) >= 11 is 3.63. The number of fused-ring (bicyclic) bond motifs is 3. The van der Waals surface area contributed by atoms with E-state index in [2.05, 4.69) is 107 Å². The fourth-order valence-electron chi connectivity index (χ4n) is 6.15. The van der Waals surface area contributed by atoms with Crippen molar-refractivity contribution < 1.29 is 33.1 Å². The van der Waals surface area contributed by atoms with Gasteiger partial charge < -0.3 is 34.0 Å². The first-order valence-electron chi connectivity index (χ1n) is 20.3. The number of nitrogens with one attached hydrogen (secondary N) is 2. The number of hydrogen-bond acceptors (Lipinski definition) is 11. The molecule has 2 aliphatic rings. The lowest BCUT2D eigenvalue weighted by atomic mass is 10.1. The zero-order valence-corrected chi connectivity index (χ0v) is 36.9. The molecule has 60 heavy (non-hydrogen) atoms. The topological polar surface area (TPSA) is 160 Å². The molecule has 0 unspecified atom stereocenters. The van der Waals surface area contributed by atoms with Gasteiger partial charge in [0.2, 0.25) is 11.8 Å². The van der Waals surface area contributed by atoms with E-state index in [-0.39, 0.29) is 44.6 Å². The van der Waals surface area contributed by atoms with E-state index < -0.39 is 6.09 Å². The monoisotopic (exact) mass is 862 g/mol. The molecule has 4 aromatic heterocycles. The van der Waals surface area contributed by atoms with Gasteiger partial charge in [0.25, 0.3) is 0 Å². The van der Waals surface area contributed by atoms with Crippen LogP contribution in [0.3, 0.4) is 0 Å². The number of alkyl carbamates (subject to hydrolysis) is 1. The molecule has 8 rings (SSSR count). The van der Waals surface area contributed by atoms with Gasteiger partial charge in [0.15, 0.2) is 12.0 Å². The van der Waals surface area contributed by atoms with Gasteiger partial charge in [-0.05, 0) is 72.7 Å². The molecule has 0 spiro atoms. The summed E-state index contributed by atoms with van der Waals surface area (Å²) in [6.45, 7) is 13.9. The molecule has 2 N–H and O–H groups in total. The Morgan fingerprint density at radius 3 is 2.00 bits per heavy atom. The minimum Gasteiger partial charge on any atom is -0.469 e. The average molecular weight is 863 g/mol. The number of benzene rings is 2. The number of H-pyrrole nitrogens is 1.